The molecule has 2 heterocycles. The molecule has 25 heavy (non-hydrogen) atoms. The number of para-hydroxylation sites is 1. The molecule has 0 atom stereocenters. The van der Waals surface area contributed by atoms with E-state index in [0.717, 1.165) is 6.33 Å². The second-order valence-electron chi connectivity index (χ2n) is 4.58. The molecule has 3 rings (SSSR count). The first-order valence-electron chi connectivity index (χ1n) is 7.08. The van der Waals surface area contributed by atoms with Crippen molar-refractivity contribution in [3.63, 3.8) is 0 Å². The van der Waals surface area contributed by atoms with E-state index in [4.69, 9.17) is 14.4 Å². The summed E-state index contributed by atoms with van der Waals surface area (Å²) >= 11 is 1.43. The van der Waals surface area contributed by atoms with Gasteiger partial charge in [0.1, 0.15) is 31.5 Å². The molecule has 0 fully saturated rings. The Bertz CT molecular complexity index is 832. The molecule has 0 saturated carbocycles. The zero-order chi connectivity index (χ0) is 17.6. The van der Waals surface area contributed by atoms with E-state index in [1.54, 1.807) is 24.3 Å². The maximum atomic E-state index is 13.8. The molecule has 0 unspecified atom stereocenters. The zero-order valence-corrected chi connectivity index (χ0v) is 13.8. The predicted molar refractivity (Wildman–Crippen MR) is 87.9 cm³/mol. The van der Waals surface area contributed by atoms with Gasteiger partial charge in [-0.25, -0.2) is 4.98 Å². The lowest BCUT2D eigenvalue weighted by Crippen LogP contribution is -2.19. The fraction of sp³-hybridized carbons (Fsp3) is 0.200. The molecule has 0 N–H and O–H groups in total. The summed E-state index contributed by atoms with van der Waals surface area (Å²) in [7, 11) is 1.39. The Morgan fingerprint density at radius 2 is 2.12 bits per heavy atom. The van der Waals surface area contributed by atoms with Gasteiger partial charge in [0.25, 0.3) is 11.8 Å². The van der Waals surface area contributed by atoms with Gasteiger partial charge in [0.2, 0.25) is 5.82 Å². The minimum Gasteiger partial charge on any atom is -0.436 e. The highest BCUT2D eigenvalue weighted by Gasteiger charge is 2.22. The van der Waals surface area contributed by atoms with Gasteiger partial charge in [-0.3, -0.25) is 0 Å². The summed E-state index contributed by atoms with van der Waals surface area (Å²) in [5.41, 5.74) is 0.803. The van der Waals surface area contributed by atoms with Crippen molar-refractivity contribution in [2.24, 2.45) is 10.3 Å². The van der Waals surface area contributed by atoms with Gasteiger partial charge in [-0.05, 0) is 12.1 Å². The quantitative estimate of drug-likeness (QED) is 0.460. The van der Waals surface area contributed by atoms with Crippen molar-refractivity contribution in [3.8, 4) is 11.6 Å². The first-order chi connectivity index (χ1) is 12.2. The van der Waals surface area contributed by atoms with Gasteiger partial charge in [-0.1, -0.05) is 34.2 Å². The number of aromatic nitrogens is 2. The largest absolute Gasteiger partial charge is 0.436 e. The first-order valence-corrected chi connectivity index (χ1v) is 8.06. The number of ether oxygens (including phenoxy) is 1. The van der Waals surface area contributed by atoms with E-state index in [1.165, 1.54) is 18.9 Å². The third kappa shape index (κ3) is 3.85. The normalized spacial score (nSPS) is 14.5. The summed E-state index contributed by atoms with van der Waals surface area (Å²) in [5, 5.41) is 8.41. The van der Waals surface area contributed by atoms with E-state index in [2.05, 4.69) is 20.3 Å². The fourth-order valence-electron chi connectivity index (χ4n) is 1.97. The molecular formula is C15H12F2N4O3S. The summed E-state index contributed by atoms with van der Waals surface area (Å²) in [6.45, 7) is 0.484. The van der Waals surface area contributed by atoms with Gasteiger partial charge in [-0.15, -0.1) is 0 Å². The van der Waals surface area contributed by atoms with E-state index in [0.29, 0.717) is 28.7 Å². The van der Waals surface area contributed by atoms with Crippen LogP contribution in [0.5, 0.6) is 11.6 Å². The second-order valence-corrected chi connectivity index (χ2v) is 5.67. The highest BCUT2D eigenvalue weighted by atomic mass is 32.2. The van der Waals surface area contributed by atoms with Gasteiger partial charge < -0.3 is 14.4 Å². The average Bonchev–Trinajstić information content (AvgIpc) is 2.65. The van der Waals surface area contributed by atoms with Crippen LogP contribution in [0.4, 0.5) is 8.78 Å². The van der Waals surface area contributed by atoms with E-state index >= 15 is 0 Å². The topological polar surface area (TPSA) is 78.2 Å². The van der Waals surface area contributed by atoms with Crippen molar-refractivity contribution in [2.45, 2.75) is 0 Å². The molecule has 2 aromatic rings. The first kappa shape index (κ1) is 17.1. The van der Waals surface area contributed by atoms with Crippen LogP contribution >= 0.6 is 11.8 Å². The molecule has 130 valence electrons. The summed E-state index contributed by atoms with van der Waals surface area (Å²) < 4.78 is 32.5. The van der Waals surface area contributed by atoms with Crippen molar-refractivity contribution in [2.75, 3.05) is 19.5 Å². The molecule has 0 amide bonds. The van der Waals surface area contributed by atoms with Crippen LogP contribution in [0.25, 0.3) is 0 Å². The molecule has 1 aliphatic rings. The minimum atomic E-state index is -1.30. The highest BCUT2D eigenvalue weighted by molar-refractivity contribution is 8.15. The Balaban J connectivity index is 2.01. The lowest BCUT2D eigenvalue weighted by atomic mass is 10.1. The van der Waals surface area contributed by atoms with E-state index in [9.17, 15) is 8.78 Å². The molecule has 1 aliphatic heterocycles. The Labute approximate surface area is 145 Å². The summed E-state index contributed by atoms with van der Waals surface area (Å²) in [4.78, 5) is 16.7. The van der Waals surface area contributed by atoms with Crippen molar-refractivity contribution in [1.82, 2.24) is 9.97 Å². The van der Waals surface area contributed by atoms with Crippen LogP contribution in [0, 0.1) is 11.8 Å². The number of halogens is 2. The Kier molecular flexibility index (Phi) is 5.39. The molecule has 7 nitrogen and oxygen atoms in total. The van der Waals surface area contributed by atoms with Crippen LogP contribution in [-0.2, 0) is 9.68 Å². The third-order valence-corrected chi connectivity index (χ3v) is 3.92. The van der Waals surface area contributed by atoms with Gasteiger partial charge in [-0.2, -0.15) is 13.8 Å². The Hall–Kier alpha value is -2.75. The highest BCUT2D eigenvalue weighted by Crippen LogP contribution is 2.28. The lowest BCUT2D eigenvalue weighted by molar-refractivity contribution is 0.160. The van der Waals surface area contributed by atoms with Crippen LogP contribution in [0.1, 0.15) is 5.56 Å². The summed E-state index contributed by atoms with van der Waals surface area (Å²) in [6.07, 6.45) is 0.870. The van der Waals surface area contributed by atoms with Gasteiger partial charge >= 0.3 is 0 Å². The molecular weight excluding hydrogens is 354 g/mol. The van der Waals surface area contributed by atoms with Crippen LogP contribution < -0.4 is 4.74 Å². The molecule has 0 saturated heterocycles. The molecule has 0 radical (unpaired) electrons. The van der Waals surface area contributed by atoms with Gasteiger partial charge in [0, 0.05) is 11.3 Å². The maximum absolute atomic E-state index is 13.8. The van der Waals surface area contributed by atoms with Crippen molar-refractivity contribution >= 4 is 22.5 Å². The van der Waals surface area contributed by atoms with Crippen molar-refractivity contribution in [3.05, 3.63) is 47.9 Å². The predicted octanol–water partition coefficient (Wildman–Crippen LogP) is 2.97. The Morgan fingerprint density at radius 1 is 1.28 bits per heavy atom. The standard InChI is InChI=1S/C15H12F2N4O3S/c1-22-20-12(15-21-23-6-7-25-15)9-4-2-3-5-10(9)24-14-11(16)13(17)18-8-19-14/h2-5,8H,6-7H2,1H3/b20-12+. The Morgan fingerprint density at radius 3 is 2.88 bits per heavy atom. The SMILES string of the molecule is CO/N=C(/C1=NOCCS1)c1ccccc1Oc1ncnc(F)c1F. The fourth-order valence-corrected chi connectivity index (χ4v) is 2.71. The molecule has 0 spiro atoms. The number of nitrogens with zero attached hydrogens (tertiary/aromatic N) is 4. The number of rotatable bonds is 5. The van der Waals surface area contributed by atoms with Crippen LogP contribution in [-0.4, -0.2) is 40.2 Å². The molecule has 10 heteroatoms. The molecule has 1 aromatic heterocycles. The van der Waals surface area contributed by atoms with Crippen LogP contribution in [0.3, 0.4) is 0 Å². The van der Waals surface area contributed by atoms with E-state index in [-0.39, 0.29) is 5.75 Å². The number of oxime groups is 2. The number of benzene rings is 1. The van der Waals surface area contributed by atoms with Crippen LogP contribution in [0.15, 0.2) is 40.9 Å². The van der Waals surface area contributed by atoms with Crippen molar-refractivity contribution in [1.29, 1.82) is 0 Å². The molecule has 0 aliphatic carbocycles. The van der Waals surface area contributed by atoms with Gasteiger partial charge in [0.05, 0.1) is 0 Å². The van der Waals surface area contributed by atoms with Gasteiger partial charge in [0.15, 0.2) is 5.04 Å². The van der Waals surface area contributed by atoms with Crippen molar-refractivity contribution < 1.29 is 23.2 Å². The summed E-state index contributed by atoms with van der Waals surface area (Å²) in [6, 6.07) is 6.65. The van der Waals surface area contributed by atoms with E-state index in [1.807, 2.05) is 0 Å². The third-order valence-electron chi connectivity index (χ3n) is 3.01. The molecule has 1 aromatic carbocycles. The monoisotopic (exact) mass is 366 g/mol. The van der Waals surface area contributed by atoms with Crippen LogP contribution in [0.2, 0.25) is 0 Å². The molecule has 0 bridgehead atoms. The summed E-state index contributed by atoms with van der Waals surface area (Å²) in [5.74, 6) is -2.23. The minimum absolute atomic E-state index is 0.198. The number of thioether (sulfide) groups is 1. The zero-order valence-electron chi connectivity index (χ0n) is 13.0. The second kappa shape index (κ2) is 7.88. The average molecular weight is 366 g/mol. The number of hydrogen-bond acceptors (Lipinski definition) is 8. The maximum Gasteiger partial charge on any atom is 0.262 e. The smallest absolute Gasteiger partial charge is 0.262 e. The lowest BCUT2D eigenvalue weighted by Gasteiger charge is -2.15. The number of hydrogen-bond donors (Lipinski definition) is 0. The van der Waals surface area contributed by atoms with E-state index < -0.39 is 17.6 Å².